The summed E-state index contributed by atoms with van der Waals surface area (Å²) in [5.74, 6) is 0.909. The molecule has 1 amide bonds. The number of hydrogen-bond donors (Lipinski definition) is 3. The van der Waals surface area contributed by atoms with E-state index in [-0.39, 0.29) is 11.6 Å². The quantitative estimate of drug-likeness (QED) is 0.548. The first-order chi connectivity index (χ1) is 16.6. The van der Waals surface area contributed by atoms with Gasteiger partial charge in [0.15, 0.2) is 0 Å². The van der Waals surface area contributed by atoms with Crippen LogP contribution >= 0.6 is 0 Å². The number of fused-ring (bicyclic) bond motifs is 1. The lowest BCUT2D eigenvalue weighted by Crippen LogP contribution is -2.46. The Morgan fingerprint density at radius 2 is 1.83 bits per heavy atom. The number of piperazine rings is 1. The van der Waals surface area contributed by atoms with Gasteiger partial charge in [0, 0.05) is 49.6 Å². The second-order valence-electron chi connectivity index (χ2n) is 10.1. The van der Waals surface area contributed by atoms with Gasteiger partial charge in [0.2, 0.25) is 0 Å². The number of hydrogen-bond acceptors (Lipinski definition) is 6. The molecule has 8 nitrogen and oxygen atoms in total. The maximum Gasteiger partial charge on any atom is 0.405 e. The van der Waals surface area contributed by atoms with Crippen LogP contribution in [0.4, 0.5) is 16.2 Å². The minimum absolute atomic E-state index is 0.203. The largest absolute Gasteiger partial charge is 0.497 e. The van der Waals surface area contributed by atoms with Crippen molar-refractivity contribution in [1.29, 1.82) is 0 Å². The van der Waals surface area contributed by atoms with Crippen LogP contribution in [0.3, 0.4) is 0 Å². The van der Waals surface area contributed by atoms with E-state index in [1.165, 1.54) is 16.8 Å². The van der Waals surface area contributed by atoms with Gasteiger partial charge in [0.1, 0.15) is 5.75 Å². The normalized spacial score (nSPS) is 18.2. The molecule has 1 atom stereocenters. The highest BCUT2D eigenvalue weighted by molar-refractivity contribution is 5.65. The minimum Gasteiger partial charge on any atom is -0.497 e. The molecule has 4 N–H and O–H groups in total. The summed E-state index contributed by atoms with van der Waals surface area (Å²) < 4.78 is 11.3. The Kier molecular flexibility index (Phi) is 9.23. The van der Waals surface area contributed by atoms with Crippen molar-refractivity contribution in [1.82, 2.24) is 10.2 Å². The van der Waals surface area contributed by atoms with E-state index >= 15 is 0 Å². The van der Waals surface area contributed by atoms with Gasteiger partial charge in [-0.25, -0.2) is 4.79 Å². The van der Waals surface area contributed by atoms with Crippen LogP contribution in [0.5, 0.6) is 5.75 Å². The van der Waals surface area contributed by atoms with Crippen LogP contribution in [0.15, 0.2) is 42.5 Å². The standard InChI is InChI=1S/C22H29N3O2.C5H11NO2/c1-26-20-5-3-19(4-6-20)25-13-11-24(12-14-25)10-8-22-21-7-2-18(23)16-17(21)9-15-27-22;1-5(2,3)6-4(7)8/h2-7,16,22H,8-15,23H2,1H3;6H,1-3H3,(H,7,8)/t22-;/m0./s1. The van der Waals surface area contributed by atoms with Crippen LogP contribution in [0.2, 0.25) is 0 Å². The van der Waals surface area contributed by atoms with E-state index in [0.29, 0.717) is 0 Å². The maximum atomic E-state index is 9.90. The van der Waals surface area contributed by atoms with Gasteiger partial charge in [-0.15, -0.1) is 0 Å². The fraction of sp³-hybridized carbons (Fsp3) is 0.519. The van der Waals surface area contributed by atoms with Crippen molar-refractivity contribution in [2.75, 3.05) is 57.1 Å². The van der Waals surface area contributed by atoms with Crippen LogP contribution in [-0.4, -0.2) is 68.1 Å². The smallest absolute Gasteiger partial charge is 0.405 e. The number of carbonyl (C=O) groups is 1. The fourth-order valence-corrected chi connectivity index (χ4v) is 4.44. The van der Waals surface area contributed by atoms with Crippen molar-refractivity contribution in [3.63, 3.8) is 0 Å². The zero-order valence-corrected chi connectivity index (χ0v) is 21.4. The second-order valence-corrected chi connectivity index (χ2v) is 10.1. The van der Waals surface area contributed by atoms with Gasteiger partial charge in [0.25, 0.3) is 0 Å². The van der Waals surface area contributed by atoms with Gasteiger partial charge in [-0.05, 0) is 81.1 Å². The Morgan fingerprint density at radius 1 is 1.14 bits per heavy atom. The highest BCUT2D eigenvalue weighted by Gasteiger charge is 2.23. The first-order valence-corrected chi connectivity index (χ1v) is 12.3. The molecule has 2 aromatic carbocycles. The molecule has 1 fully saturated rings. The van der Waals surface area contributed by atoms with Gasteiger partial charge >= 0.3 is 6.09 Å². The second kappa shape index (κ2) is 12.1. The molecular weight excluding hydrogens is 444 g/mol. The summed E-state index contributed by atoms with van der Waals surface area (Å²) in [5.41, 5.74) is 10.4. The first kappa shape index (κ1) is 26.6. The Bertz CT molecular complexity index is 951. The van der Waals surface area contributed by atoms with E-state index in [9.17, 15) is 4.79 Å². The van der Waals surface area contributed by atoms with Gasteiger partial charge < -0.3 is 30.5 Å². The lowest BCUT2D eigenvalue weighted by atomic mass is 9.95. The molecule has 2 aliphatic rings. The van der Waals surface area contributed by atoms with Gasteiger partial charge in [-0.3, -0.25) is 4.90 Å². The molecule has 0 aromatic heterocycles. The molecule has 8 heteroatoms. The summed E-state index contributed by atoms with van der Waals surface area (Å²) in [6.07, 6.45) is 1.24. The zero-order valence-electron chi connectivity index (χ0n) is 21.4. The topological polar surface area (TPSA) is 100 Å². The number of amides is 1. The number of anilines is 2. The van der Waals surface area contributed by atoms with E-state index in [1.54, 1.807) is 27.9 Å². The molecule has 2 aromatic rings. The molecule has 2 heterocycles. The summed E-state index contributed by atoms with van der Waals surface area (Å²) in [7, 11) is 1.71. The predicted octanol–water partition coefficient (Wildman–Crippen LogP) is 4.16. The molecule has 0 spiro atoms. The molecule has 0 radical (unpaired) electrons. The minimum atomic E-state index is -0.975. The predicted molar refractivity (Wildman–Crippen MR) is 140 cm³/mol. The summed E-state index contributed by atoms with van der Waals surface area (Å²) in [4.78, 5) is 14.9. The Labute approximate surface area is 209 Å². The molecular formula is C27H40N4O4. The third-order valence-electron chi connectivity index (χ3n) is 6.20. The number of ether oxygens (including phenoxy) is 2. The number of nitrogens with one attached hydrogen (secondary N) is 1. The SMILES string of the molecule is CC(C)(C)NC(=O)O.COc1ccc(N2CCN(CC[C@@H]3OCCc4cc(N)ccc43)CC2)cc1. The highest BCUT2D eigenvalue weighted by Crippen LogP contribution is 2.31. The van der Waals surface area contributed by atoms with Gasteiger partial charge in [0.05, 0.1) is 19.8 Å². The number of nitrogen functional groups attached to an aromatic ring is 1. The Balaban J connectivity index is 0.000000371. The van der Waals surface area contributed by atoms with Crippen molar-refractivity contribution >= 4 is 17.5 Å². The number of carboxylic acid groups (broad SMARTS) is 1. The van der Waals surface area contributed by atoms with Crippen LogP contribution in [-0.2, 0) is 11.2 Å². The molecule has 0 aliphatic carbocycles. The van der Waals surface area contributed by atoms with Gasteiger partial charge in [-0.1, -0.05) is 6.07 Å². The van der Waals surface area contributed by atoms with E-state index in [2.05, 4.69) is 39.4 Å². The first-order valence-electron chi connectivity index (χ1n) is 12.3. The summed E-state index contributed by atoms with van der Waals surface area (Å²) in [6, 6.07) is 14.6. The number of rotatable bonds is 5. The third-order valence-corrected chi connectivity index (χ3v) is 6.20. The van der Waals surface area contributed by atoms with E-state index in [4.69, 9.17) is 20.3 Å². The van der Waals surface area contributed by atoms with Crippen molar-refractivity contribution < 1.29 is 19.4 Å². The molecule has 2 aliphatic heterocycles. The lowest BCUT2D eigenvalue weighted by molar-refractivity contribution is 0.0289. The molecule has 0 saturated carbocycles. The molecule has 4 rings (SSSR count). The van der Waals surface area contributed by atoms with Crippen molar-refractivity contribution in [2.24, 2.45) is 0 Å². The van der Waals surface area contributed by atoms with E-state index in [1.807, 2.05) is 18.2 Å². The van der Waals surface area contributed by atoms with Crippen LogP contribution in [0.25, 0.3) is 0 Å². The molecule has 1 saturated heterocycles. The summed E-state index contributed by atoms with van der Waals surface area (Å²) >= 11 is 0. The number of benzene rings is 2. The van der Waals surface area contributed by atoms with Crippen LogP contribution in [0, 0.1) is 0 Å². The number of nitrogens with zero attached hydrogens (tertiary/aromatic N) is 2. The monoisotopic (exact) mass is 484 g/mol. The van der Waals surface area contributed by atoms with Crippen LogP contribution in [0.1, 0.15) is 44.4 Å². The molecule has 0 unspecified atom stereocenters. The summed E-state index contributed by atoms with van der Waals surface area (Å²) in [5, 5.41) is 10.4. The molecule has 35 heavy (non-hydrogen) atoms. The average molecular weight is 485 g/mol. The van der Waals surface area contributed by atoms with E-state index in [0.717, 1.165) is 63.6 Å². The highest BCUT2D eigenvalue weighted by atomic mass is 16.5. The summed E-state index contributed by atoms with van der Waals surface area (Å²) in [6.45, 7) is 11.6. The molecule has 192 valence electrons. The maximum absolute atomic E-state index is 9.90. The molecule has 0 bridgehead atoms. The fourth-order valence-electron chi connectivity index (χ4n) is 4.44. The van der Waals surface area contributed by atoms with Crippen LogP contribution < -0.4 is 20.7 Å². The van der Waals surface area contributed by atoms with Crippen molar-refractivity contribution in [2.45, 2.75) is 45.3 Å². The third kappa shape index (κ3) is 8.33. The van der Waals surface area contributed by atoms with Crippen molar-refractivity contribution in [3.8, 4) is 5.75 Å². The Hall–Kier alpha value is -2.97. The zero-order chi connectivity index (χ0) is 25.4. The number of nitrogens with two attached hydrogens (primary N) is 1. The lowest BCUT2D eigenvalue weighted by Gasteiger charge is -2.37. The number of methoxy groups -OCH3 is 1. The van der Waals surface area contributed by atoms with Crippen molar-refractivity contribution in [3.05, 3.63) is 53.6 Å². The average Bonchev–Trinajstić information content (AvgIpc) is 2.82. The van der Waals surface area contributed by atoms with E-state index < -0.39 is 6.09 Å². The van der Waals surface area contributed by atoms with Gasteiger partial charge in [-0.2, -0.15) is 0 Å². The Morgan fingerprint density at radius 3 is 2.40 bits per heavy atom.